The molecule has 7 nitrogen and oxygen atoms in total. The van der Waals surface area contributed by atoms with E-state index in [1.54, 1.807) is 0 Å². The maximum Gasteiger partial charge on any atom is 0.289 e. The smallest absolute Gasteiger partial charge is 0.289 e. The van der Waals surface area contributed by atoms with Gasteiger partial charge in [0, 0.05) is 12.6 Å². The molecule has 1 amide bonds. The molecule has 4 saturated carbocycles. The molecule has 1 heterocycles. The van der Waals surface area contributed by atoms with Gasteiger partial charge >= 0.3 is 0 Å². The van der Waals surface area contributed by atoms with Crippen LogP contribution in [0.2, 0.25) is 0 Å². The average Bonchev–Trinajstić information content (AvgIpc) is 2.55. The highest BCUT2D eigenvalue weighted by Crippen LogP contribution is 2.54. The van der Waals surface area contributed by atoms with Crippen LogP contribution >= 0.6 is 0 Å². The van der Waals surface area contributed by atoms with Gasteiger partial charge in [-0.05, 0) is 62.2 Å². The Bertz CT molecular complexity index is 606. The molecule has 5 rings (SSSR count). The van der Waals surface area contributed by atoms with E-state index in [2.05, 4.69) is 25.6 Å². The second-order valence-corrected chi connectivity index (χ2v) is 7.70. The summed E-state index contributed by atoms with van der Waals surface area (Å²) in [5, 5.41) is 6.28. The molecular weight excluding hydrogens is 304 g/mol. The van der Waals surface area contributed by atoms with E-state index in [0.29, 0.717) is 30.4 Å². The van der Waals surface area contributed by atoms with Crippen LogP contribution in [0.25, 0.3) is 0 Å². The lowest BCUT2D eigenvalue weighted by Crippen LogP contribution is -2.51. The molecule has 1 aromatic heterocycles. The number of nitrogens with zero attached hydrogens (tertiary/aromatic N) is 3. The van der Waals surface area contributed by atoms with E-state index in [9.17, 15) is 4.79 Å². The summed E-state index contributed by atoms with van der Waals surface area (Å²) in [6, 6.07) is 0.408. The Kier molecular flexibility index (Phi) is 4.02. The summed E-state index contributed by atoms with van der Waals surface area (Å²) >= 11 is 0. The van der Waals surface area contributed by atoms with Crippen molar-refractivity contribution >= 4 is 17.8 Å². The summed E-state index contributed by atoms with van der Waals surface area (Å²) in [6.07, 6.45) is 7.56. The first-order chi connectivity index (χ1) is 11.6. The monoisotopic (exact) mass is 330 g/mol. The van der Waals surface area contributed by atoms with E-state index in [0.717, 1.165) is 18.3 Å². The van der Waals surface area contributed by atoms with Gasteiger partial charge in [0.25, 0.3) is 5.91 Å². The molecule has 24 heavy (non-hydrogen) atoms. The maximum absolute atomic E-state index is 12.1. The summed E-state index contributed by atoms with van der Waals surface area (Å²) in [4.78, 5) is 24.6. The standard InChI is InChI=1S/C17H26N6O/c1-2-3-19-15(24)14-21-16(18)23-17(22-14)20-13-11-5-9-4-10(7-11)8-12(13)6-9/h9-13H,2-8H2,1H3,(H,19,24)(H3,18,20,21,22,23). The van der Waals surface area contributed by atoms with Crippen LogP contribution in [-0.4, -0.2) is 33.4 Å². The van der Waals surface area contributed by atoms with E-state index in [4.69, 9.17) is 5.73 Å². The molecule has 4 fully saturated rings. The van der Waals surface area contributed by atoms with E-state index < -0.39 is 0 Å². The maximum atomic E-state index is 12.1. The molecule has 0 atom stereocenters. The molecule has 0 radical (unpaired) electrons. The lowest BCUT2D eigenvalue weighted by molar-refractivity contribution is 0.00728. The van der Waals surface area contributed by atoms with Gasteiger partial charge in [0.05, 0.1) is 0 Å². The molecule has 4 bridgehead atoms. The Balaban J connectivity index is 1.50. The van der Waals surface area contributed by atoms with E-state index in [1.807, 2.05) is 6.92 Å². The van der Waals surface area contributed by atoms with E-state index >= 15 is 0 Å². The Labute approximate surface area is 142 Å². The summed E-state index contributed by atoms with van der Waals surface area (Å²) in [5.41, 5.74) is 5.79. The highest BCUT2D eigenvalue weighted by molar-refractivity contribution is 5.90. The predicted molar refractivity (Wildman–Crippen MR) is 91.3 cm³/mol. The summed E-state index contributed by atoms with van der Waals surface area (Å²) in [6.45, 7) is 2.60. The number of anilines is 2. The fourth-order valence-electron chi connectivity index (χ4n) is 5.19. The number of amides is 1. The zero-order valence-electron chi connectivity index (χ0n) is 14.2. The van der Waals surface area contributed by atoms with Crippen LogP contribution in [0.15, 0.2) is 0 Å². The van der Waals surface area contributed by atoms with Gasteiger partial charge in [-0.1, -0.05) is 6.92 Å². The van der Waals surface area contributed by atoms with Crippen molar-refractivity contribution in [3.05, 3.63) is 5.82 Å². The summed E-state index contributed by atoms with van der Waals surface area (Å²) in [7, 11) is 0. The minimum absolute atomic E-state index is 0.0953. The third kappa shape index (κ3) is 2.91. The average molecular weight is 330 g/mol. The van der Waals surface area contributed by atoms with Crippen molar-refractivity contribution in [3.8, 4) is 0 Å². The van der Waals surface area contributed by atoms with Crippen molar-refractivity contribution in [1.82, 2.24) is 20.3 Å². The first-order valence-corrected chi connectivity index (χ1v) is 9.18. The topological polar surface area (TPSA) is 106 Å². The third-order valence-corrected chi connectivity index (χ3v) is 5.91. The molecule has 1 aromatic rings. The Morgan fingerprint density at radius 2 is 1.75 bits per heavy atom. The number of hydrogen-bond acceptors (Lipinski definition) is 6. The molecule has 4 N–H and O–H groups in total. The van der Waals surface area contributed by atoms with Gasteiger partial charge < -0.3 is 16.4 Å². The van der Waals surface area contributed by atoms with Crippen molar-refractivity contribution in [1.29, 1.82) is 0 Å². The number of nitrogens with one attached hydrogen (secondary N) is 2. The quantitative estimate of drug-likeness (QED) is 0.760. The van der Waals surface area contributed by atoms with Crippen LogP contribution in [0, 0.1) is 23.7 Å². The van der Waals surface area contributed by atoms with Crippen molar-refractivity contribution in [2.45, 2.75) is 51.5 Å². The van der Waals surface area contributed by atoms with Gasteiger partial charge in [0.1, 0.15) is 0 Å². The Hall–Kier alpha value is -1.92. The van der Waals surface area contributed by atoms with Gasteiger partial charge in [-0.15, -0.1) is 0 Å². The van der Waals surface area contributed by atoms with Gasteiger partial charge in [0.15, 0.2) is 0 Å². The van der Waals surface area contributed by atoms with Gasteiger partial charge in [-0.3, -0.25) is 4.79 Å². The Morgan fingerprint density at radius 1 is 1.08 bits per heavy atom. The molecule has 0 aliphatic heterocycles. The van der Waals surface area contributed by atoms with Gasteiger partial charge in [0.2, 0.25) is 17.7 Å². The van der Waals surface area contributed by atoms with E-state index in [-0.39, 0.29) is 17.7 Å². The number of aromatic nitrogens is 3. The van der Waals surface area contributed by atoms with Crippen LogP contribution in [0.4, 0.5) is 11.9 Å². The number of nitrogen functional groups attached to an aromatic ring is 1. The van der Waals surface area contributed by atoms with E-state index in [1.165, 1.54) is 32.1 Å². The van der Waals surface area contributed by atoms with Gasteiger partial charge in [-0.25, -0.2) is 0 Å². The predicted octanol–water partition coefficient (Wildman–Crippen LogP) is 1.83. The fraction of sp³-hybridized carbons (Fsp3) is 0.765. The highest BCUT2D eigenvalue weighted by Gasteiger charge is 2.48. The van der Waals surface area contributed by atoms with Crippen LogP contribution < -0.4 is 16.4 Å². The molecule has 0 spiro atoms. The second-order valence-electron chi connectivity index (χ2n) is 7.70. The SMILES string of the molecule is CCCNC(=O)c1nc(N)nc(NC2C3CC4CC(C3)CC2C4)n1. The summed E-state index contributed by atoms with van der Waals surface area (Å²) in [5.74, 6) is 3.60. The number of hydrogen-bond donors (Lipinski definition) is 3. The van der Waals surface area contributed by atoms with Gasteiger partial charge in [-0.2, -0.15) is 15.0 Å². The molecule has 0 aromatic carbocycles. The number of carbonyl (C=O) groups excluding carboxylic acids is 1. The number of rotatable bonds is 5. The highest BCUT2D eigenvalue weighted by atomic mass is 16.2. The first kappa shape index (κ1) is 15.6. The van der Waals surface area contributed by atoms with Crippen molar-refractivity contribution < 1.29 is 4.79 Å². The molecule has 4 aliphatic rings. The van der Waals surface area contributed by atoms with Crippen LogP contribution in [-0.2, 0) is 0 Å². The molecule has 7 heteroatoms. The third-order valence-electron chi connectivity index (χ3n) is 5.91. The largest absolute Gasteiger partial charge is 0.368 e. The van der Waals surface area contributed by atoms with Crippen molar-refractivity contribution in [2.24, 2.45) is 23.7 Å². The minimum Gasteiger partial charge on any atom is -0.368 e. The lowest BCUT2D eigenvalue weighted by Gasteiger charge is -2.54. The Morgan fingerprint density at radius 3 is 2.38 bits per heavy atom. The minimum atomic E-state index is -0.293. The second kappa shape index (κ2) is 6.18. The fourth-order valence-corrected chi connectivity index (χ4v) is 5.19. The van der Waals surface area contributed by atoms with Crippen LogP contribution in [0.1, 0.15) is 56.1 Å². The normalized spacial score (nSPS) is 33.5. The lowest BCUT2D eigenvalue weighted by atomic mass is 9.54. The number of carbonyl (C=O) groups is 1. The first-order valence-electron chi connectivity index (χ1n) is 9.18. The molecule has 0 unspecified atom stereocenters. The zero-order valence-corrected chi connectivity index (χ0v) is 14.2. The van der Waals surface area contributed by atoms with Crippen molar-refractivity contribution in [2.75, 3.05) is 17.6 Å². The van der Waals surface area contributed by atoms with Crippen molar-refractivity contribution in [3.63, 3.8) is 0 Å². The van der Waals surface area contributed by atoms with Crippen LogP contribution in [0.5, 0.6) is 0 Å². The molecular formula is C17H26N6O. The molecule has 130 valence electrons. The number of nitrogens with two attached hydrogens (primary N) is 1. The van der Waals surface area contributed by atoms with Crippen LogP contribution in [0.3, 0.4) is 0 Å². The summed E-state index contributed by atoms with van der Waals surface area (Å²) < 4.78 is 0. The molecule has 0 saturated heterocycles. The zero-order chi connectivity index (χ0) is 16.7. The molecule has 4 aliphatic carbocycles.